The molecule has 0 aliphatic heterocycles. The number of hydrazone groups is 1. The van der Waals surface area contributed by atoms with E-state index in [9.17, 15) is 24.6 Å². The molecular formula is C12H17N3O5-2. The van der Waals surface area contributed by atoms with Crippen molar-refractivity contribution in [2.24, 2.45) is 5.10 Å². The summed E-state index contributed by atoms with van der Waals surface area (Å²) in [6.45, 7) is 0. The number of nitrogens with zero attached hydrogens (tertiary/aromatic N) is 1. The summed E-state index contributed by atoms with van der Waals surface area (Å²) in [4.78, 5) is 32.4. The Labute approximate surface area is 116 Å². The van der Waals surface area contributed by atoms with Crippen LogP contribution >= 0.6 is 0 Å². The lowest BCUT2D eigenvalue weighted by atomic mass is 9.96. The second kappa shape index (κ2) is 8.13. The van der Waals surface area contributed by atoms with Crippen LogP contribution in [0.2, 0.25) is 0 Å². The highest BCUT2D eigenvalue weighted by Crippen LogP contribution is 2.17. The number of hydrogen-bond acceptors (Lipinski definition) is 6. The first kappa shape index (κ1) is 15.9. The number of carboxylic acid groups (broad SMARTS) is 2. The van der Waals surface area contributed by atoms with E-state index in [1.165, 1.54) is 0 Å². The largest absolute Gasteiger partial charge is 0.550 e. The molecule has 0 aromatic rings. The molecule has 1 saturated carbocycles. The fourth-order valence-electron chi connectivity index (χ4n) is 2.01. The third kappa shape index (κ3) is 6.17. The van der Waals surface area contributed by atoms with Crippen LogP contribution in [0.4, 0.5) is 4.79 Å². The molecule has 0 unspecified atom stereocenters. The van der Waals surface area contributed by atoms with Gasteiger partial charge in [0, 0.05) is 12.0 Å². The van der Waals surface area contributed by atoms with Crippen LogP contribution < -0.4 is 21.0 Å². The summed E-state index contributed by atoms with van der Waals surface area (Å²) in [5, 5.41) is 27.0. The Balaban J connectivity index is 2.42. The van der Waals surface area contributed by atoms with Gasteiger partial charge in [-0.15, -0.1) is 0 Å². The molecule has 0 heterocycles. The molecule has 8 nitrogen and oxygen atoms in total. The molecule has 0 bridgehead atoms. The number of nitrogens with one attached hydrogen (secondary N) is 2. The fraction of sp³-hybridized carbons (Fsp3) is 0.667. The Bertz CT molecular complexity index is 402. The molecular weight excluding hydrogens is 266 g/mol. The van der Waals surface area contributed by atoms with Crippen LogP contribution in [0.5, 0.6) is 0 Å². The summed E-state index contributed by atoms with van der Waals surface area (Å²) in [5.41, 5.74) is 1.50. The lowest BCUT2D eigenvalue weighted by Gasteiger charge is -2.22. The SMILES string of the molecule is O=C([O-])CC/C(=N\NC(=O)NC1CCCCC1)C(=O)[O-]. The van der Waals surface area contributed by atoms with Gasteiger partial charge >= 0.3 is 6.03 Å². The van der Waals surface area contributed by atoms with Crippen molar-refractivity contribution in [2.75, 3.05) is 0 Å². The van der Waals surface area contributed by atoms with Crippen molar-refractivity contribution in [2.45, 2.75) is 51.0 Å². The number of rotatable bonds is 6. The van der Waals surface area contributed by atoms with E-state index in [2.05, 4.69) is 10.4 Å². The van der Waals surface area contributed by atoms with E-state index in [1.54, 1.807) is 0 Å². The average Bonchev–Trinajstić information content (AvgIpc) is 2.39. The summed E-state index contributed by atoms with van der Waals surface area (Å²) in [6.07, 6.45) is 4.14. The number of carbonyl (C=O) groups is 3. The first-order valence-electron chi connectivity index (χ1n) is 6.53. The monoisotopic (exact) mass is 283 g/mol. The van der Waals surface area contributed by atoms with Crippen molar-refractivity contribution < 1.29 is 24.6 Å². The minimum absolute atomic E-state index is 0.0635. The second-order valence-corrected chi connectivity index (χ2v) is 4.64. The lowest BCUT2D eigenvalue weighted by Crippen LogP contribution is -2.42. The number of carbonyl (C=O) groups excluding carboxylic acids is 3. The van der Waals surface area contributed by atoms with E-state index in [-0.39, 0.29) is 12.5 Å². The highest BCUT2D eigenvalue weighted by Gasteiger charge is 2.15. The molecule has 8 heteroatoms. The Morgan fingerprint density at radius 1 is 1.05 bits per heavy atom. The molecule has 1 aliphatic carbocycles. The van der Waals surface area contributed by atoms with Crippen molar-refractivity contribution in [3.63, 3.8) is 0 Å². The third-order valence-electron chi connectivity index (χ3n) is 3.03. The van der Waals surface area contributed by atoms with E-state index < -0.39 is 30.1 Å². The van der Waals surface area contributed by atoms with Crippen LogP contribution in [0.25, 0.3) is 0 Å². The van der Waals surface area contributed by atoms with E-state index >= 15 is 0 Å². The van der Waals surface area contributed by atoms with E-state index in [4.69, 9.17) is 0 Å². The smallest absolute Gasteiger partial charge is 0.335 e. The number of hydrogen-bond donors (Lipinski definition) is 2. The highest BCUT2D eigenvalue weighted by molar-refractivity contribution is 6.34. The summed E-state index contributed by atoms with van der Waals surface area (Å²) in [6, 6.07) is -0.544. The van der Waals surface area contributed by atoms with Gasteiger partial charge in [-0.25, -0.2) is 10.2 Å². The van der Waals surface area contributed by atoms with Gasteiger partial charge < -0.3 is 25.1 Å². The minimum atomic E-state index is -1.62. The van der Waals surface area contributed by atoms with E-state index in [0.29, 0.717) is 0 Å². The zero-order chi connectivity index (χ0) is 15.0. The van der Waals surface area contributed by atoms with Gasteiger partial charge in [0.2, 0.25) is 0 Å². The number of urea groups is 1. The van der Waals surface area contributed by atoms with Gasteiger partial charge in [0.1, 0.15) is 0 Å². The number of aliphatic carboxylic acids is 2. The van der Waals surface area contributed by atoms with Gasteiger partial charge in [-0.1, -0.05) is 19.3 Å². The molecule has 0 spiro atoms. The molecule has 1 aliphatic rings. The standard InChI is InChI=1S/C12H19N3O5/c16-10(17)7-6-9(11(18)19)14-15-12(20)13-8-4-2-1-3-5-8/h8H,1-7H2,(H,16,17)(H,18,19)(H2,13,15,20)/p-2/b14-9+. The van der Waals surface area contributed by atoms with Gasteiger partial charge in [0.05, 0.1) is 11.7 Å². The molecule has 0 aromatic carbocycles. The molecule has 112 valence electrons. The van der Waals surface area contributed by atoms with Crippen LogP contribution in [0.3, 0.4) is 0 Å². The Morgan fingerprint density at radius 3 is 2.25 bits per heavy atom. The topological polar surface area (TPSA) is 134 Å². The summed E-state index contributed by atoms with van der Waals surface area (Å²) < 4.78 is 0. The Morgan fingerprint density at radius 2 is 1.70 bits per heavy atom. The average molecular weight is 283 g/mol. The predicted molar refractivity (Wildman–Crippen MR) is 65.2 cm³/mol. The molecule has 20 heavy (non-hydrogen) atoms. The fourth-order valence-corrected chi connectivity index (χ4v) is 2.01. The first-order chi connectivity index (χ1) is 9.49. The van der Waals surface area contributed by atoms with Crippen LogP contribution in [0.1, 0.15) is 44.9 Å². The number of amides is 2. The maximum absolute atomic E-state index is 11.5. The number of carboxylic acids is 2. The molecule has 0 saturated heterocycles. The normalized spacial score (nSPS) is 16.5. The Hall–Kier alpha value is -2.12. The van der Waals surface area contributed by atoms with Crippen LogP contribution in [-0.4, -0.2) is 29.7 Å². The molecule has 2 N–H and O–H groups in total. The second-order valence-electron chi connectivity index (χ2n) is 4.64. The van der Waals surface area contributed by atoms with E-state index in [0.717, 1.165) is 32.1 Å². The zero-order valence-corrected chi connectivity index (χ0v) is 11.0. The van der Waals surface area contributed by atoms with Crippen molar-refractivity contribution in [1.82, 2.24) is 10.7 Å². The third-order valence-corrected chi connectivity index (χ3v) is 3.03. The molecule has 0 atom stereocenters. The van der Waals surface area contributed by atoms with E-state index in [1.807, 2.05) is 5.43 Å². The maximum atomic E-state index is 11.5. The van der Waals surface area contributed by atoms with Gasteiger partial charge in [0.25, 0.3) is 0 Å². The van der Waals surface area contributed by atoms with Gasteiger partial charge in [-0.2, -0.15) is 5.10 Å². The summed E-state index contributed by atoms with van der Waals surface area (Å²) in [5.74, 6) is -3.02. The highest BCUT2D eigenvalue weighted by atomic mass is 16.4. The quantitative estimate of drug-likeness (QED) is 0.440. The maximum Gasteiger partial charge on any atom is 0.335 e. The molecule has 1 fully saturated rings. The first-order valence-corrected chi connectivity index (χ1v) is 6.53. The molecule has 0 aromatic heterocycles. The van der Waals surface area contributed by atoms with Crippen LogP contribution in [0.15, 0.2) is 5.10 Å². The molecule has 0 radical (unpaired) electrons. The lowest BCUT2D eigenvalue weighted by molar-refractivity contribution is -0.305. The van der Waals surface area contributed by atoms with Crippen molar-refractivity contribution in [1.29, 1.82) is 0 Å². The van der Waals surface area contributed by atoms with Crippen molar-refractivity contribution in [3.8, 4) is 0 Å². The Kier molecular flexibility index (Phi) is 6.48. The predicted octanol–water partition coefficient (Wildman–Crippen LogP) is -1.75. The zero-order valence-electron chi connectivity index (χ0n) is 11.0. The summed E-state index contributed by atoms with van der Waals surface area (Å²) in [7, 11) is 0. The van der Waals surface area contributed by atoms with Crippen LogP contribution in [0, 0.1) is 0 Å². The summed E-state index contributed by atoms with van der Waals surface area (Å²) >= 11 is 0. The van der Waals surface area contributed by atoms with Crippen LogP contribution in [-0.2, 0) is 9.59 Å². The minimum Gasteiger partial charge on any atom is -0.550 e. The van der Waals surface area contributed by atoms with Gasteiger partial charge in [0.15, 0.2) is 0 Å². The molecule has 2 amide bonds. The van der Waals surface area contributed by atoms with Crippen molar-refractivity contribution in [3.05, 3.63) is 0 Å². The van der Waals surface area contributed by atoms with Crippen molar-refractivity contribution >= 4 is 23.7 Å². The van der Waals surface area contributed by atoms with Gasteiger partial charge in [-0.3, -0.25) is 0 Å². The van der Waals surface area contributed by atoms with Gasteiger partial charge in [-0.05, 0) is 25.7 Å². The molecule has 1 rings (SSSR count).